The van der Waals surface area contributed by atoms with Gasteiger partial charge in [-0.05, 0) is 30.2 Å². The number of fused-ring (bicyclic) bond motifs is 3. The van der Waals surface area contributed by atoms with E-state index in [1.165, 1.54) is 11.3 Å². The molecule has 0 spiro atoms. The molecule has 0 saturated carbocycles. The van der Waals surface area contributed by atoms with Gasteiger partial charge in [0.2, 0.25) is 5.88 Å². The summed E-state index contributed by atoms with van der Waals surface area (Å²) >= 11 is 7.31. The Morgan fingerprint density at radius 3 is 2.59 bits per heavy atom. The van der Waals surface area contributed by atoms with Crippen molar-refractivity contribution in [1.29, 1.82) is 5.26 Å². The summed E-state index contributed by atoms with van der Waals surface area (Å²) in [5.74, 6) is 0.0757. The largest absolute Gasteiger partial charge is 0.477 e. The van der Waals surface area contributed by atoms with Gasteiger partial charge in [0.1, 0.15) is 27.5 Å². The lowest BCUT2D eigenvalue weighted by atomic mass is 9.97. The van der Waals surface area contributed by atoms with E-state index in [1.807, 2.05) is 49.4 Å². The van der Waals surface area contributed by atoms with Crippen LogP contribution in [0.5, 0.6) is 5.88 Å². The normalized spacial score (nSPS) is 14.9. The minimum absolute atomic E-state index is 0.197. The Hall–Kier alpha value is -3.60. The highest BCUT2D eigenvalue weighted by Gasteiger charge is 2.32. The summed E-state index contributed by atoms with van der Waals surface area (Å²) < 4.78 is 5.70. The number of nitriles is 1. The molecule has 1 amide bonds. The molecular weight excluding hydrogens is 444 g/mol. The third-order valence-electron chi connectivity index (χ3n) is 5.24. The molecule has 8 heteroatoms. The monoisotopic (exact) mass is 460 g/mol. The highest BCUT2D eigenvalue weighted by molar-refractivity contribution is 7.21. The van der Waals surface area contributed by atoms with Crippen LogP contribution in [0.15, 0.2) is 54.6 Å². The van der Waals surface area contributed by atoms with Crippen LogP contribution in [0.3, 0.4) is 0 Å². The van der Waals surface area contributed by atoms with Crippen molar-refractivity contribution in [3.05, 3.63) is 75.6 Å². The average molecular weight is 461 g/mol. The number of pyridine rings is 1. The number of hydrogen-bond donors (Lipinski definition) is 2. The van der Waals surface area contributed by atoms with E-state index in [9.17, 15) is 10.1 Å². The number of benzene rings is 2. The van der Waals surface area contributed by atoms with Gasteiger partial charge in [-0.3, -0.25) is 4.79 Å². The van der Waals surface area contributed by atoms with Crippen LogP contribution in [-0.4, -0.2) is 17.5 Å². The first-order chi connectivity index (χ1) is 15.6. The Morgan fingerprint density at radius 2 is 1.91 bits per heavy atom. The van der Waals surface area contributed by atoms with Crippen LogP contribution >= 0.6 is 22.9 Å². The van der Waals surface area contributed by atoms with Crippen LogP contribution in [0.2, 0.25) is 5.02 Å². The number of anilines is 1. The first kappa shape index (κ1) is 20.3. The fourth-order valence-corrected chi connectivity index (χ4v) is 5.01. The van der Waals surface area contributed by atoms with Gasteiger partial charge in [0.05, 0.1) is 12.3 Å². The summed E-state index contributed by atoms with van der Waals surface area (Å²) in [5, 5.41) is 17.8. The van der Waals surface area contributed by atoms with E-state index in [2.05, 4.69) is 21.7 Å². The number of nitrogens with zero attached hydrogens (tertiary/aromatic N) is 2. The molecule has 3 heterocycles. The molecule has 6 nitrogen and oxygen atoms in total. The van der Waals surface area contributed by atoms with Gasteiger partial charge in [0.15, 0.2) is 0 Å². The molecule has 4 aromatic rings. The summed E-state index contributed by atoms with van der Waals surface area (Å²) in [7, 11) is 0. The van der Waals surface area contributed by atoms with E-state index in [4.69, 9.17) is 16.3 Å². The van der Waals surface area contributed by atoms with Crippen molar-refractivity contribution < 1.29 is 9.53 Å². The topological polar surface area (TPSA) is 87.0 Å². The van der Waals surface area contributed by atoms with Crippen molar-refractivity contribution in [1.82, 2.24) is 10.3 Å². The number of nitrogens with one attached hydrogen (secondary N) is 2. The molecule has 32 heavy (non-hydrogen) atoms. The first-order valence-electron chi connectivity index (χ1n) is 10.0. The van der Waals surface area contributed by atoms with E-state index >= 15 is 0 Å². The van der Waals surface area contributed by atoms with Crippen molar-refractivity contribution in [3.8, 4) is 23.1 Å². The molecule has 1 aliphatic heterocycles. The zero-order valence-electron chi connectivity index (χ0n) is 17.0. The first-order valence-corrected chi connectivity index (χ1v) is 11.2. The van der Waals surface area contributed by atoms with Crippen LogP contribution in [0.25, 0.3) is 21.3 Å². The van der Waals surface area contributed by atoms with Crippen molar-refractivity contribution in [2.75, 3.05) is 11.9 Å². The maximum absolute atomic E-state index is 13.0. The molecule has 5 rings (SSSR count). The fraction of sp³-hybridized carbons (Fsp3) is 0.125. The lowest BCUT2D eigenvalue weighted by Gasteiger charge is -2.27. The standard InChI is InChI=1S/C24H17ClN4O2S/c1-2-31-23-16(12-26)17(13-6-4-3-5-7-13)18-19-20(32-24(18)29-23)22(30)28-21(27-19)14-8-10-15(25)11-9-14/h3-11,21,27H,2H2,1H3,(H,28,30). The van der Waals surface area contributed by atoms with E-state index in [0.717, 1.165) is 16.5 Å². The molecule has 2 aromatic heterocycles. The number of carbonyl (C=O) groups is 1. The van der Waals surface area contributed by atoms with Crippen LogP contribution in [0.4, 0.5) is 5.69 Å². The second-order valence-electron chi connectivity index (χ2n) is 7.17. The maximum Gasteiger partial charge on any atom is 0.265 e. The molecule has 0 fully saturated rings. The molecule has 0 radical (unpaired) electrons. The predicted molar refractivity (Wildman–Crippen MR) is 126 cm³/mol. The van der Waals surface area contributed by atoms with Gasteiger partial charge in [0.25, 0.3) is 5.91 Å². The predicted octanol–water partition coefficient (Wildman–Crippen LogP) is 5.74. The summed E-state index contributed by atoms with van der Waals surface area (Å²) in [5.41, 5.74) is 3.44. The lowest BCUT2D eigenvalue weighted by molar-refractivity contribution is 0.0940. The molecular formula is C24H17ClN4O2S. The zero-order chi connectivity index (χ0) is 22.2. The van der Waals surface area contributed by atoms with Crippen molar-refractivity contribution >= 4 is 44.7 Å². The molecule has 1 unspecified atom stereocenters. The van der Waals surface area contributed by atoms with Gasteiger partial charge in [-0.1, -0.05) is 54.1 Å². The fourth-order valence-electron chi connectivity index (χ4n) is 3.84. The van der Waals surface area contributed by atoms with E-state index in [0.29, 0.717) is 38.2 Å². The number of hydrogen-bond acceptors (Lipinski definition) is 6. The highest BCUT2D eigenvalue weighted by Crippen LogP contribution is 2.47. The van der Waals surface area contributed by atoms with Gasteiger partial charge in [-0.15, -0.1) is 11.3 Å². The molecule has 0 aliphatic carbocycles. The van der Waals surface area contributed by atoms with E-state index in [1.54, 1.807) is 12.1 Å². The second kappa shape index (κ2) is 8.15. The summed E-state index contributed by atoms with van der Waals surface area (Å²) in [4.78, 5) is 18.8. The SMILES string of the molecule is CCOc1nc2sc3c(c2c(-c2ccccc2)c1C#N)NC(c1ccc(Cl)cc1)NC3=O. The van der Waals surface area contributed by atoms with Crippen LogP contribution < -0.4 is 15.4 Å². The van der Waals surface area contributed by atoms with Gasteiger partial charge in [-0.2, -0.15) is 5.26 Å². The molecule has 158 valence electrons. The minimum Gasteiger partial charge on any atom is -0.477 e. The van der Waals surface area contributed by atoms with Crippen LogP contribution in [0, 0.1) is 11.3 Å². The van der Waals surface area contributed by atoms with Crippen LogP contribution in [0.1, 0.15) is 33.9 Å². The lowest BCUT2D eigenvalue weighted by Crippen LogP contribution is -2.37. The maximum atomic E-state index is 13.0. The molecule has 1 aliphatic rings. The molecule has 0 bridgehead atoms. The number of ether oxygens (including phenoxy) is 1. The molecule has 2 N–H and O–H groups in total. The minimum atomic E-state index is -0.439. The average Bonchev–Trinajstić information content (AvgIpc) is 3.18. The summed E-state index contributed by atoms with van der Waals surface area (Å²) in [6, 6.07) is 19.2. The Bertz CT molecular complexity index is 1380. The van der Waals surface area contributed by atoms with Crippen LogP contribution in [-0.2, 0) is 0 Å². The summed E-state index contributed by atoms with van der Waals surface area (Å²) in [6.45, 7) is 2.23. The Kier molecular flexibility index (Phi) is 5.17. The molecule has 0 saturated heterocycles. The van der Waals surface area contributed by atoms with E-state index < -0.39 is 6.17 Å². The third-order valence-corrected chi connectivity index (χ3v) is 6.57. The quantitative estimate of drug-likeness (QED) is 0.405. The number of aromatic nitrogens is 1. The highest BCUT2D eigenvalue weighted by atomic mass is 35.5. The number of halogens is 1. The van der Waals surface area contributed by atoms with Gasteiger partial charge in [0, 0.05) is 16.0 Å². The van der Waals surface area contributed by atoms with Crippen molar-refractivity contribution in [2.45, 2.75) is 13.1 Å². The van der Waals surface area contributed by atoms with Gasteiger partial charge >= 0.3 is 0 Å². The third kappa shape index (κ3) is 3.34. The number of rotatable bonds is 4. The smallest absolute Gasteiger partial charge is 0.265 e. The summed E-state index contributed by atoms with van der Waals surface area (Å²) in [6.07, 6.45) is -0.439. The van der Waals surface area contributed by atoms with Crippen molar-refractivity contribution in [2.24, 2.45) is 0 Å². The Labute approximate surface area is 193 Å². The van der Waals surface area contributed by atoms with E-state index in [-0.39, 0.29) is 11.8 Å². The molecule has 1 atom stereocenters. The van der Waals surface area contributed by atoms with Gasteiger partial charge < -0.3 is 15.4 Å². The number of carbonyl (C=O) groups excluding carboxylic acids is 1. The second-order valence-corrected chi connectivity index (χ2v) is 8.60. The zero-order valence-corrected chi connectivity index (χ0v) is 18.6. The number of thiophene rings is 1. The Balaban J connectivity index is 1.77. The van der Waals surface area contributed by atoms with Crippen molar-refractivity contribution in [3.63, 3.8) is 0 Å². The number of amides is 1. The van der Waals surface area contributed by atoms with Gasteiger partial charge in [-0.25, -0.2) is 4.98 Å². The Morgan fingerprint density at radius 1 is 1.16 bits per heavy atom. The molecule has 2 aromatic carbocycles.